The maximum absolute atomic E-state index is 13.4. The van der Waals surface area contributed by atoms with E-state index in [0.29, 0.717) is 10.8 Å². The van der Waals surface area contributed by atoms with Crippen LogP contribution >= 0.6 is 0 Å². The first-order valence-electron chi connectivity index (χ1n) is 7.38. The van der Waals surface area contributed by atoms with Crippen LogP contribution in [0.3, 0.4) is 0 Å². The molecule has 0 saturated carbocycles. The van der Waals surface area contributed by atoms with Gasteiger partial charge in [0.05, 0.1) is 21.1 Å². The average molecular weight is 309 g/mol. The van der Waals surface area contributed by atoms with Crippen LogP contribution < -0.4 is 0 Å². The van der Waals surface area contributed by atoms with Gasteiger partial charge in [-0.25, -0.2) is 8.57 Å². The summed E-state index contributed by atoms with van der Waals surface area (Å²) in [6.45, 7) is 7.98. The van der Waals surface area contributed by atoms with Crippen molar-refractivity contribution in [1.82, 2.24) is 0 Å². The largest absolute Gasteiger partial charge is 0.391 e. The fraction of sp³-hybridized carbons (Fsp3) is 0.529. The SMILES string of the molecule is CN=[S@@](=O)(c1ccccc1)[C@H](/C=C\C(C)C)[C@H](O)C(C)C. The Bertz CT molecular complexity index is 570. The molecule has 118 valence electrons. The van der Waals surface area contributed by atoms with Gasteiger partial charge in [0, 0.05) is 11.9 Å². The lowest BCUT2D eigenvalue weighted by Crippen LogP contribution is -2.36. The predicted molar refractivity (Wildman–Crippen MR) is 89.8 cm³/mol. The van der Waals surface area contributed by atoms with Gasteiger partial charge in [0.2, 0.25) is 0 Å². The predicted octanol–water partition coefficient (Wildman–Crippen LogP) is 3.74. The van der Waals surface area contributed by atoms with Gasteiger partial charge in [-0.3, -0.25) is 0 Å². The number of rotatable bonds is 6. The van der Waals surface area contributed by atoms with E-state index in [1.165, 1.54) is 0 Å². The first-order chi connectivity index (χ1) is 9.82. The van der Waals surface area contributed by atoms with Gasteiger partial charge in [0.1, 0.15) is 0 Å². The highest BCUT2D eigenvalue weighted by Crippen LogP contribution is 2.25. The Balaban J connectivity index is 3.38. The minimum Gasteiger partial charge on any atom is -0.391 e. The molecular weight excluding hydrogens is 282 g/mol. The van der Waals surface area contributed by atoms with Crippen molar-refractivity contribution in [3.05, 3.63) is 42.5 Å². The fourth-order valence-corrected chi connectivity index (χ4v) is 4.43. The molecule has 0 aliphatic heterocycles. The van der Waals surface area contributed by atoms with Crippen LogP contribution in [0.1, 0.15) is 27.7 Å². The van der Waals surface area contributed by atoms with E-state index < -0.39 is 21.1 Å². The summed E-state index contributed by atoms with van der Waals surface area (Å²) in [4.78, 5) is 0.672. The quantitative estimate of drug-likeness (QED) is 0.814. The number of aliphatic hydroxyl groups excluding tert-OH is 1. The van der Waals surface area contributed by atoms with Crippen LogP contribution in [-0.4, -0.2) is 27.7 Å². The van der Waals surface area contributed by atoms with Crippen molar-refractivity contribution in [1.29, 1.82) is 0 Å². The number of allylic oxidation sites excluding steroid dienone is 1. The van der Waals surface area contributed by atoms with Crippen LogP contribution in [0, 0.1) is 11.8 Å². The molecule has 1 aromatic carbocycles. The molecule has 0 unspecified atom stereocenters. The van der Waals surface area contributed by atoms with Crippen molar-refractivity contribution < 1.29 is 9.32 Å². The lowest BCUT2D eigenvalue weighted by atomic mass is 10.0. The molecule has 4 heteroatoms. The molecule has 3 nitrogen and oxygen atoms in total. The summed E-state index contributed by atoms with van der Waals surface area (Å²) < 4.78 is 17.6. The van der Waals surface area contributed by atoms with Gasteiger partial charge in [-0.05, 0) is 24.0 Å². The number of nitrogens with zero attached hydrogens (tertiary/aromatic N) is 1. The van der Waals surface area contributed by atoms with E-state index >= 15 is 0 Å². The summed E-state index contributed by atoms with van der Waals surface area (Å²) in [5, 5.41) is 10.0. The van der Waals surface area contributed by atoms with Gasteiger partial charge in [0.15, 0.2) is 0 Å². The molecule has 0 spiro atoms. The molecule has 0 aliphatic rings. The number of hydrogen-bond donors (Lipinski definition) is 1. The van der Waals surface area contributed by atoms with Gasteiger partial charge in [0.25, 0.3) is 0 Å². The van der Waals surface area contributed by atoms with Gasteiger partial charge in [-0.15, -0.1) is 0 Å². The first kappa shape index (κ1) is 17.9. The van der Waals surface area contributed by atoms with Crippen molar-refractivity contribution in [3.8, 4) is 0 Å². The Labute approximate surface area is 129 Å². The molecule has 0 bridgehead atoms. The Morgan fingerprint density at radius 2 is 1.67 bits per heavy atom. The maximum atomic E-state index is 13.4. The molecule has 1 rings (SSSR count). The third-order valence-corrected chi connectivity index (χ3v) is 6.09. The van der Waals surface area contributed by atoms with Crippen molar-refractivity contribution in [2.75, 3.05) is 7.05 Å². The van der Waals surface area contributed by atoms with E-state index in [1.54, 1.807) is 7.05 Å². The standard InChI is InChI=1S/C17H27NO2S/c1-13(2)11-12-16(17(19)14(3)4)21(20,18-5)15-9-7-6-8-10-15/h6-14,16-17,19H,1-5H3/b12-11-/t16-,17-,21-/m1/s1. The second kappa shape index (κ2) is 7.76. The minimum absolute atomic E-state index is 0.0121. The topological polar surface area (TPSA) is 49.7 Å². The monoisotopic (exact) mass is 309 g/mol. The highest BCUT2D eigenvalue weighted by atomic mass is 32.2. The first-order valence-corrected chi connectivity index (χ1v) is 8.96. The lowest BCUT2D eigenvalue weighted by molar-refractivity contribution is 0.131. The Morgan fingerprint density at radius 3 is 2.10 bits per heavy atom. The molecule has 21 heavy (non-hydrogen) atoms. The number of aliphatic hydroxyl groups is 1. The summed E-state index contributed by atoms with van der Waals surface area (Å²) in [7, 11) is -1.13. The van der Waals surface area contributed by atoms with Crippen LogP contribution in [0.2, 0.25) is 0 Å². The zero-order valence-electron chi connectivity index (χ0n) is 13.6. The van der Waals surface area contributed by atoms with Crippen molar-refractivity contribution in [3.63, 3.8) is 0 Å². The summed E-state index contributed by atoms with van der Waals surface area (Å²) >= 11 is 0. The molecule has 3 atom stereocenters. The van der Waals surface area contributed by atoms with E-state index in [9.17, 15) is 9.32 Å². The third kappa shape index (κ3) is 4.42. The van der Waals surface area contributed by atoms with Crippen LogP contribution in [0.15, 0.2) is 51.7 Å². The molecule has 1 N–H and O–H groups in total. The minimum atomic E-state index is -2.70. The zero-order chi connectivity index (χ0) is 16.0. The van der Waals surface area contributed by atoms with Gasteiger partial charge < -0.3 is 5.11 Å². The van der Waals surface area contributed by atoms with Crippen molar-refractivity contribution in [2.24, 2.45) is 16.2 Å². The highest BCUT2D eigenvalue weighted by molar-refractivity contribution is 7.94. The molecule has 0 aromatic heterocycles. The molecule has 0 aliphatic carbocycles. The highest BCUT2D eigenvalue weighted by Gasteiger charge is 2.31. The van der Waals surface area contributed by atoms with E-state index in [2.05, 4.69) is 18.2 Å². The molecule has 0 saturated heterocycles. The Morgan fingerprint density at radius 1 is 1.10 bits per heavy atom. The summed E-state index contributed by atoms with van der Waals surface area (Å²) in [6.07, 6.45) is 3.17. The normalized spacial score (nSPS) is 17.9. The molecule has 0 amide bonds. The van der Waals surface area contributed by atoms with E-state index in [-0.39, 0.29) is 5.92 Å². The van der Waals surface area contributed by atoms with Gasteiger partial charge in [-0.1, -0.05) is 58.0 Å². The van der Waals surface area contributed by atoms with Gasteiger partial charge >= 0.3 is 0 Å². The van der Waals surface area contributed by atoms with Crippen LogP contribution in [0.25, 0.3) is 0 Å². The lowest BCUT2D eigenvalue weighted by Gasteiger charge is -2.26. The van der Waals surface area contributed by atoms with Crippen LogP contribution in [-0.2, 0) is 9.73 Å². The molecule has 0 fully saturated rings. The molecular formula is C17H27NO2S. The van der Waals surface area contributed by atoms with Crippen LogP contribution in [0.4, 0.5) is 0 Å². The number of benzene rings is 1. The summed E-state index contributed by atoms with van der Waals surface area (Å²) in [5.41, 5.74) is 0. The maximum Gasteiger partial charge on any atom is 0.0916 e. The van der Waals surface area contributed by atoms with E-state index in [4.69, 9.17) is 0 Å². The number of hydrogen-bond acceptors (Lipinski definition) is 3. The Kier molecular flexibility index (Phi) is 6.62. The Hall–Kier alpha value is -1.13. The second-order valence-electron chi connectivity index (χ2n) is 5.89. The molecule has 0 radical (unpaired) electrons. The third-order valence-electron chi connectivity index (χ3n) is 3.43. The van der Waals surface area contributed by atoms with E-state index in [0.717, 1.165) is 0 Å². The smallest absolute Gasteiger partial charge is 0.0916 e. The summed E-state index contributed by atoms with van der Waals surface area (Å²) in [5.74, 6) is 0.348. The average Bonchev–Trinajstić information content (AvgIpc) is 2.47. The molecule has 0 heterocycles. The van der Waals surface area contributed by atoms with Crippen LogP contribution in [0.5, 0.6) is 0 Å². The molecule has 1 aromatic rings. The zero-order valence-corrected chi connectivity index (χ0v) is 14.4. The van der Waals surface area contributed by atoms with Crippen molar-refractivity contribution in [2.45, 2.75) is 43.9 Å². The van der Waals surface area contributed by atoms with E-state index in [1.807, 2.05) is 56.3 Å². The summed E-state index contributed by atoms with van der Waals surface area (Å²) in [6, 6.07) is 9.23. The van der Waals surface area contributed by atoms with Gasteiger partial charge in [-0.2, -0.15) is 0 Å². The second-order valence-corrected chi connectivity index (χ2v) is 8.41. The van der Waals surface area contributed by atoms with Crippen molar-refractivity contribution >= 4 is 9.73 Å². The fourth-order valence-electron chi connectivity index (χ4n) is 2.12.